The quantitative estimate of drug-likeness (QED) is 0.391. The van der Waals surface area contributed by atoms with Gasteiger partial charge in [-0.05, 0) is 5.56 Å². The maximum Gasteiger partial charge on any atom is 2.00 e. The van der Waals surface area contributed by atoms with Gasteiger partial charge in [-0.15, -0.1) is 17.7 Å². The minimum absolute atomic E-state index is 0. The Morgan fingerprint density at radius 1 is 0.933 bits per heavy atom. The normalized spacial score (nSPS) is 8.60. The van der Waals surface area contributed by atoms with Crippen molar-refractivity contribution in [2.75, 3.05) is 0 Å². The van der Waals surface area contributed by atoms with Crippen LogP contribution >= 0.6 is 0 Å². The van der Waals surface area contributed by atoms with E-state index in [1.165, 1.54) is 6.07 Å². The van der Waals surface area contributed by atoms with Gasteiger partial charge >= 0.3 is 23.1 Å². The Balaban J connectivity index is 0.000000980. The molecule has 0 saturated heterocycles. The zero-order chi connectivity index (χ0) is 9.10. The summed E-state index contributed by atoms with van der Waals surface area (Å²) in [6.07, 6.45) is 0. The molecule has 0 aliphatic heterocycles. The van der Waals surface area contributed by atoms with Crippen LogP contribution in [0.3, 0.4) is 0 Å². The molecule has 0 heterocycles. The molecule has 0 atom stereocenters. The molecule has 0 aliphatic carbocycles. The molecule has 0 aliphatic rings. The molecule has 2 aromatic carbocycles. The predicted molar refractivity (Wildman–Crippen MR) is 56.4 cm³/mol. The summed E-state index contributed by atoms with van der Waals surface area (Å²) in [5.74, 6) is -0.318. The first-order valence-corrected chi connectivity index (χ1v) is 4.09. The zero-order valence-electron chi connectivity index (χ0n) is 8.08. The summed E-state index contributed by atoms with van der Waals surface area (Å²) in [6.45, 7) is 0. The van der Waals surface area contributed by atoms with Crippen LogP contribution in [0.2, 0.25) is 0 Å². The zero-order valence-corrected chi connectivity index (χ0v) is 11.7. The molecule has 0 amide bonds. The monoisotopic (exact) mass is 322 g/mol. The van der Waals surface area contributed by atoms with E-state index in [0.717, 1.165) is 11.1 Å². The minimum Gasteiger partial charge on any atom is -1.00 e. The predicted octanol–water partition coefficient (Wildman–Crippen LogP) is -0.0839. The first kappa shape index (κ1) is 14.9. The molecule has 0 N–H and O–H groups in total. The smallest absolute Gasteiger partial charge is 1.00 e. The molecule has 72 valence electrons. The Bertz CT molecular complexity index is 403. The molecule has 0 nitrogen and oxygen atoms in total. The van der Waals surface area contributed by atoms with Crippen molar-refractivity contribution in [2.45, 2.75) is 0 Å². The molecule has 2 rings (SSSR count). The van der Waals surface area contributed by atoms with Gasteiger partial charge in [-0.1, -0.05) is 30.3 Å². The Kier molecular flexibility index (Phi) is 7.13. The summed E-state index contributed by atoms with van der Waals surface area (Å²) < 4.78 is 12.8. The van der Waals surface area contributed by atoms with E-state index in [1.807, 2.05) is 36.4 Å². The van der Waals surface area contributed by atoms with E-state index >= 15 is 0 Å². The Labute approximate surface area is 122 Å². The van der Waals surface area contributed by atoms with Gasteiger partial charge in [0.2, 0.25) is 0 Å². The average molecular weight is 322 g/mol. The third kappa shape index (κ3) is 4.08. The summed E-state index contributed by atoms with van der Waals surface area (Å²) in [5, 5.41) is 0. The van der Waals surface area contributed by atoms with Crippen LogP contribution < -0.4 is 24.0 Å². The van der Waals surface area contributed by atoms with E-state index in [9.17, 15) is 4.39 Å². The average Bonchev–Trinajstić information content (AvgIpc) is 2.19. The van der Waals surface area contributed by atoms with Crippen LogP contribution in [0.1, 0.15) is 0 Å². The van der Waals surface area contributed by atoms with Crippen molar-refractivity contribution in [2.24, 2.45) is 0 Å². The topological polar surface area (TPSA) is 0 Å². The Morgan fingerprint density at radius 3 is 2.20 bits per heavy atom. The molecule has 3 heteroatoms. The Hall–Kier alpha value is -0.134. The van der Waals surface area contributed by atoms with Gasteiger partial charge in [-0.3, -0.25) is 0 Å². The first-order chi connectivity index (χ1) is 6.36. The number of hydrogen-bond acceptors (Lipinski definition) is 0. The fraction of sp³-hybridized carbons (Fsp3) is 0. The van der Waals surface area contributed by atoms with E-state index in [0.29, 0.717) is 0 Å². The summed E-state index contributed by atoms with van der Waals surface area (Å²) >= 11 is 0. The molecule has 0 saturated carbocycles. The molecule has 0 radical (unpaired) electrons. The fourth-order valence-corrected chi connectivity index (χ4v) is 1.25. The summed E-state index contributed by atoms with van der Waals surface area (Å²) in [7, 11) is 0. The maximum atomic E-state index is 12.8. The van der Waals surface area contributed by atoms with Gasteiger partial charge in [0.05, 0.1) is 0 Å². The van der Waals surface area contributed by atoms with E-state index in [-0.39, 0.29) is 52.8 Å². The van der Waals surface area contributed by atoms with Crippen molar-refractivity contribution >= 4 is 23.1 Å². The van der Waals surface area contributed by atoms with Gasteiger partial charge in [0.15, 0.2) is 0 Å². The third-order valence-electron chi connectivity index (χ3n) is 1.87. The standard InChI is InChI=1S/C12H8F.HI.Mg/c13-12-8-4-7-11(9-12)10-5-2-1-3-6-10;;/h1-7,9H;1H;/q-1;;+2/p-1. The van der Waals surface area contributed by atoms with Gasteiger partial charge in [-0.2, -0.15) is 12.1 Å². The summed E-state index contributed by atoms with van der Waals surface area (Å²) in [4.78, 5) is 0. The molecular weight excluding hydrogens is 314 g/mol. The van der Waals surface area contributed by atoms with Crippen molar-refractivity contribution in [3.05, 3.63) is 60.4 Å². The van der Waals surface area contributed by atoms with Crippen LogP contribution in [0.25, 0.3) is 11.1 Å². The van der Waals surface area contributed by atoms with Crippen molar-refractivity contribution in [3.63, 3.8) is 0 Å². The molecule has 0 fully saturated rings. The SMILES string of the molecule is Fc1[c-]ccc(-c2ccccc2)c1.[I-].[Mg+2]. The van der Waals surface area contributed by atoms with E-state index in [4.69, 9.17) is 0 Å². The van der Waals surface area contributed by atoms with Crippen molar-refractivity contribution in [1.82, 2.24) is 0 Å². The summed E-state index contributed by atoms with van der Waals surface area (Å²) in [6, 6.07) is 17.1. The molecule has 2 aromatic rings. The van der Waals surface area contributed by atoms with Gasteiger partial charge in [-0.25, -0.2) is 4.39 Å². The van der Waals surface area contributed by atoms with Crippen molar-refractivity contribution in [3.8, 4) is 11.1 Å². The van der Waals surface area contributed by atoms with Crippen molar-refractivity contribution < 1.29 is 28.4 Å². The second kappa shape index (κ2) is 7.19. The third-order valence-corrected chi connectivity index (χ3v) is 1.87. The van der Waals surface area contributed by atoms with Crippen LogP contribution in [0.5, 0.6) is 0 Å². The fourth-order valence-electron chi connectivity index (χ4n) is 1.25. The van der Waals surface area contributed by atoms with Gasteiger partial charge < -0.3 is 24.0 Å². The molecule has 0 spiro atoms. The van der Waals surface area contributed by atoms with Crippen LogP contribution in [-0.4, -0.2) is 23.1 Å². The van der Waals surface area contributed by atoms with Crippen LogP contribution in [0.15, 0.2) is 48.5 Å². The number of rotatable bonds is 1. The molecule has 0 aromatic heterocycles. The second-order valence-corrected chi connectivity index (χ2v) is 2.79. The molecular formula is C12H8FIMg. The number of halogens is 2. The van der Waals surface area contributed by atoms with E-state index in [1.54, 1.807) is 6.07 Å². The molecule has 0 unspecified atom stereocenters. The van der Waals surface area contributed by atoms with E-state index < -0.39 is 0 Å². The van der Waals surface area contributed by atoms with Crippen molar-refractivity contribution in [1.29, 1.82) is 0 Å². The van der Waals surface area contributed by atoms with Crippen LogP contribution in [-0.2, 0) is 0 Å². The number of benzene rings is 2. The molecule has 0 bridgehead atoms. The molecule has 15 heavy (non-hydrogen) atoms. The van der Waals surface area contributed by atoms with Crippen LogP contribution in [0.4, 0.5) is 4.39 Å². The van der Waals surface area contributed by atoms with Gasteiger partial charge in [0, 0.05) is 5.82 Å². The Morgan fingerprint density at radius 2 is 1.60 bits per heavy atom. The van der Waals surface area contributed by atoms with Gasteiger partial charge in [0.25, 0.3) is 0 Å². The number of hydrogen-bond donors (Lipinski definition) is 0. The van der Waals surface area contributed by atoms with Crippen LogP contribution in [0, 0.1) is 11.9 Å². The summed E-state index contributed by atoms with van der Waals surface area (Å²) in [5.41, 5.74) is 1.91. The van der Waals surface area contributed by atoms with Gasteiger partial charge in [0.1, 0.15) is 0 Å². The maximum absolute atomic E-state index is 12.8. The largest absolute Gasteiger partial charge is 2.00 e. The second-order valence-electron chi connectivity index (χ2n) is 2.79. The first-order valence-electron chi connectivity index (χ1n) is 4.09. The van der Waals surface area contributed by atoms with E-state index in [2.05, 4.69) is 6.07 Å². The minimum atomic E-state index is -0.318.